The highest BCUT2D eigenvalue weighted by Gasteiger charge is 2.40. The van der Waals surface area contributed by atoms with Gasteiger partial charge in [-0.1, -0.05) is 0 Å². The first kappa shape index (κ1) is 13.7. The van der Waals surface area contributed by atoms with Gasteiger partial charge in [-0.15, -0.1) is 0 Å². The van der Waals surface area contributed by atoms with Gasteiger partial charge in [-0.3, -0.25) is 0 Å². The summed E-state index contributed by atoms with van der Waals surface area (Å²) in [4.78, 5) is 25.4. The summed E-state index contributed by atoms with van der Waals surface area (Å²) in [7, 11) is 1.50. The molecule has 2 bridgehead atoms. The van der Waals surface area contributed by atoms with Crippen molar-refractivity contribution < 1.29 is 19.4 Å². The predicted molar refractivity (Wildman–Crippen MR) is 76.8 cm³/mol. The molecule has 2 unspecified atom stereocenters. The van der Waals surface area contributed by atoms with Gasteiger partial charge >= 0.3 is 12.0 Å². The van der Waals surface area contributed by atoms with Crippen molar-refractivity contribution in [2.75, 3.05) is 19.0 Å². The number of carbonyl (C=O) groups is 2. The Morgan fingerprint density at radius 1 is 1.38 bits per heavy atom. The number of anilines is 1. The summed E-state index contributed by atoms with van der Waals surface area (Å²) in [5.41, 5.74) is 0.336. The summed E-state index contributed by atoms with van der Waals surface area (Å²) in [6, 6.07) is 4.62. The number of benzene rings is 1. The first-order valence-electron chi connectivity index (χ1n) is 7.07. The zero-order valence-electron chi connectivity index (χ0n) is 11.8. The first-order valence-corrected chi connectivity index (χ1v) is 7.07. The minimum Gasteiger partial charge on any atom is -0.497 e. The smallest absolute Gasteiger partial charge is 0.337 e. The maximum atomic E-state index is 12.4. The van der Waals surface area contributed by atoms with Crippen LogP contribution in [-0.2, 0) is 0 Å². The number of likely N-dealkylation sites (tertiary alicyclic amines) is 1. The molecular formula is C15H18N2O4. The second-order valence-electron chi connectivity index (χ2n) is 5.63. The van der Waals surface area contributed by atoms with E-state index in [2.05, 4.69) is 5.32 Å². The number of amides is 2. The van der Waals surface area contributed by atoms with E-state index in [-0.39, 0.29) is 17.3 Å². The van der Waals surface area contributed by atoms with Gasteiger partial charge < -0.3 is 20.1 Å². The van der Waals surface area contributed by atoms with Crippen molar-refractivity contribution in [3.8, 4) is 5.75 Å². The molecule has 0 radical (unpaired) electrons. The summed E-state index contributed by atoms with van der Waals surface area (Å²) in [6.07, 6.45) is 3.30. The Kier molecular flexibility index (Phi) is 3.45. The summed E-state index contributed by atoms with van der Waals surface area (Å²) < 4.78 is 5.09. The fraction of sp³-hybridized carbons (Fsp3) is 0.467. The molecule has 112 valence electrons. The molecule has 3 rings (SSSR count). The van der Waals surface area contributed by atoms with Crippen LogP contribution < -0.4 is 10.1 Å². The normalized spacial score (nSPS) is 23.2. The van der Waals surface area contributed by atoms with Crippen LogP contribution in [0.2, 0.25) is 0 Å². The molecule has 1 aromatic rings. The van der Waals surface area contributed by atoms with Gasteiger partial charge in [-0.25, -0.2) is 9.59 Å². The SMILES string of the molecule is COc1ccc(C(=O)O)c(NC(=O)N2CC3CCC2C3)c1. The largest absolute Gasteiger partial charge is 0.497 e. The number of carboxylic acids is 1. The van der Waals surface area contributed by atoms with Gasteiger partial charge in [0.15, 0.2) is 0 Å². The molecular weight excluding hydrogens is 272 g/mol. The third-order valence-corrected chi connectivity index (χ3v) is 4.37. The Labute approximate surface area is 122 Å². The maximum Gasteiger partial charge on any atom is 0.337 e. The highest BCUT2D eigenvalue weighted by Crippen LogP contribution is 2.37. The van der Waals surface area contributed by atoms with E-state index in [0.717, 1.165) is 19.4 Å². The van der Waals surface area contributed by atoms with Crippen molar-refractivity contribution in [1.29, 1.82) is 0 Å². The van der Waals surface area contributed by atoms with Crippen LogP contribution in [0.5, 0.6) is 5.75 Å². The van der Waals surface area contributed by atoms with Crippen molar-refractivity contribution in [3.63, 3.8) is 0 Å². The Morgan fingerprint density at radius 2 is 2.19 bits per heavy atom. The summed E-state index contributed by atoms with van der Waals surface area (Å²) in [6.45, 7) is 0.767. The van der Waals surface area contributed by atoms with Crippen LogP contribution in [0, 0.1) is 5.92 Å². The average molecular weight is 290 g/mol. The molecule has 1 saturated carbocycles. The molecule has 6 nitrogen and oxygen atoms in total. The molecule has 1 aliphatic carbocycles. The Balaban J connectivity index is 1.80. The number of carboxylic acid groups (broad SMARTS) is 1. The van der Waals surface area contributed by atoms with Gasteiger partial charge in [0, 0.05) is 18.7 Å². The van der Waals surface area contributed by atoms with E-state index in [0.29, 0.717) is 17.7 Å². The molecule has 6 heteroatoms. The molecule has 2 atom stereocenters. The lowest BCUT2D eigenvalue weighted by Crippen LogP contribution is -2.40. The van der Waals surface area contributed by atoms with Crippen LogP contribution in [0.15, 0.2) is 18.2 Å². The number of hydrogen-bond donors (Lipinski definition) is 2. The van der Waals surface area contributed by atoms with Gasteiger partial charge in [0.1, 0.15) is 5.75 Å². The van der Waals surface area contributed by atoms with Crippen LogP contribution in [0.25, 0.3) is 0 Å². The van der Waals surface area contributed by atoms with Crippen molar-refractivity contribution in [2.45, 2.75) is 25.3 Å². The van der Waals surface area contributed by atoms with Crippen molar-refractivity contribution in [2.24, 2.45) is 5.92 Å². The number of rotatable bonds is 3. The summed E-state index contributed by atoms with van der Waals surface area (Å²) >= 11 is 0. The minimum absolute atomic E-state index is 0.0634. The van der Waals surface area contributed by atoms with E-state index in [9.17, 15) is 14.7 Å². The Morgan fingerprint density at radius 3 is 2.76 bits per heavy atom. The monoisotopic (exact) mass is 290 g/mol. The fourth-order valence-electron chi connectivity index (χ4n) is 3.30. The molecule has 2 fully saturated rings. The van der Waals surface area contributed by atoms with Crippen LogP contribution in [0.3, 0.4) is 0 Å². The van der Waals surface area contributed by atoms with Crippen molar-refractivity contribution in [1.82, 2.24) is 4.90 Å². The third-order valence-electron chi connectivity index (χ3n) is 4.37. The summed E-state index contributed by atoms with van der Waals surface area (Å²) in [5.74, 6) is 0.0409. The van der Waals surface area contributed by atoms with Gasteiger partial charge in [-0.05, 0) is 37.3 Å². The van der Waals surface area contributed by atoms with E-state index in [1.807, 2.05) is 4.90 Å². The Hall–Kier alpha value is -2.24. The van der Waals surface area contributed by atoms with Crippen LogP contribution >= 0.6 is 0 Å². The number of piperidine rings is 1. The van der Waals surface area contributed by atoms with Gasteiger partial charge in [-0.2, -0.15) is 0 Å². The highest BCUT2D eigenvalue weighted by atomic mass is 16.5. The van der Waals surface area contributed by atoms with Crippen LogP contribution in [0.1, 0.15) is 29.6 Å². The first-order chi connectivity index (χ1) is 10.1. The predicted octanol–water partition coefficient (Wildman–Crippen LogP) is 2.41. The zero-order chi connectivity index (χ0) is 15.0. The molecule has 1 heterocycles. The summed E-state index contributed by atoms with van der Waals surface area (Å²) in [5, 5.41) is 11.9. The number of nitrogens with zero attached hydrogens (tertiary/aromatic N) is 1. The Bertz CT molecular complexity index is 587. The standard InChI is InChI=1S/C15H18N2O4/c1-21-11-4-5-12(14(18)19)13(7-11)16-15(20)17-8-9-2-3-10(17)6-9/h4-5,7,9-10H,2-3,6,8H2,1H3,(H,16,20)(H,18,19). The molecule has 1 aromatic carbocycles. The van der Waals surface area contributed by atoms with Crippen molar-refractivity contribution >= 4 is 17.7 Å². The molecule has 0 aromatic heterocycles. The second-order valence-corrected chi connectivity index (χ2v) is 5.63. The van der Waals surface area contributed by atoms with Gasteiger partial charge in [0.05, 0.1) is 18.4 Å². The highest BCUT2D eigenvalue weighted by molar-refractivity contribution is 6.00. The van der Waals surface area contributed by atoms with E-state index >= 15 is 0 Å². The van der Waals surface area contributed by atoms with E-state index in [1.165, 1.54) is 25.7 Å². The maximum absolute atomic E-state index is 12.4. The number of carbonyl (C=O) groups excluding carboxylic acids is 1. The van der Waals surface area contributed by atoms with E-state index in [1.54, 1.807) is 6.07 Å². The fourth-order valence-corrected chi connectivity index (χ4v) is 3.30. The molecule has 2 amide bonds. The van der Waals surface area contributed by atoms with E-state index < -0.39 is 5.97 Å². The topological polar surface area (TPSA) is 78.9 Å². The lowest BCUT2D eigenvalue weighted by Gasteiger charge is -2.27. The molecule has 0 spiro atoms. The lowest BCUT2D eigenvalue weighted by molar-refractivity contribution is 0.0698. The number of fused-ring (bicyclic) bond motifs is 2. The number of ether oxygens (including phenoxy) is 1. The van der Waals surface area contributed by atoms with Crippen LogP contribution in [-0.4, -0.2) is 41.7 Å². The molecule has 2 aliphatic rings. The van der Waals surface area contributed by atoms with Gasteiger partial charge in [0.25, 0.3) is 0 Å². The zero-order valence-corrected chi connectivity index (χ0v) is 11.8. The number of aromatic carboxylic acids is 1. The minimum atomic E-state index is -1.07. The van der Waals surface area contributed by atoms with Crippen LogP contribution in [0.4, 0.5) is 10.5 Å². The quantitative estimate of drug-likeness (QED) is 0.896. The third kappa shape index (κ3) is 2.53. The number of hydrogen-bond acceptors (Lipinski definition) is 3. The van der Waals surface area contributed by atoms with E-state index in [4.69, 9.17) is 4.74 Å². The average Bonchev–Trinajstić information content (AvgIpc) is 3.09. The lowest BCUT2D eigenvalue weighted by atomic mass is 10.1. The number of methoxy groups -OCH3 is 1. The number of nitrogens with one attached hydrogen (secondary N) is 1. The molecule has 1 saturated heterocycles. The molecule has 1 aliphatic heterocycles. The molecule has 2 N–H and O–H groups in total. The van der Waals surface area contributed by atoms with Crippen molar-refractivity contribution in [3.05, 3.63) is 23.8 Å². The molecule has 21 heavy (non-hydrogen) atoms. The van der Waals surface area contributed by atoms with Gasteiger partial charge in [0.2, 0.25) is 0 Å². The number of urea groups is 1. The second kappa shape index (κ2) is 5.27.